The Hall–Kier alpha value is -1.43. The molecule has 3 rings (SSSR count). The van der Waals surface area contributed by atoms with Crippen LogP contribution in [-0.2, 0) is 4.79 Å². The molecular formula is C29H47NO4. The molecule has 1 amide bonds. The van der Waals surface area contributed by atoms with Crippen LogP contribution in [0.3, 0.4) is 0 Å². The Balaban J connectivity index is 1.65. The van der Waals surface area contributed by atoms with Crippen LogP contribution in [0.4, 0.5) is 0 Å². The van der Waals surface area contributed by atoms with E-state index in [0.717, 1.165) is 30.4 Å². The van der Waals surface area contributed by atoms with Crippen molar-refractivity contribution in [3.05, 3.63) is 35.5 Å². The van der Waals surface area contributed by atoms with Crippen LogP contribution < -0.4 is 0 Å². The molecule has 0 heterocycles. The molecule has 34 heavy (non-hydrogen) atoms. The summed E-state index contributed by atoms with van der Waals surface area (Å²) in [7, 11) is 3.38. The van der Waals surface area contributed by atoms with Gasteiger partial charge in [-0.15, -0.1) is 0 Å². The number of rotatable bonds is 7. The van der Waals surface area contributed by atoms with Gasteiger partial charge in [0, 0.05) is 20.5 Å². The van der Waals surface area contributed by atoms with E-state index in [9.17, 15) is 20.1 Å². The summed E-state index contributed by atoms with van der Waals surface area (Å²) in [5, 5.41) is 30.8. The van der Waals surface area contributed by atoms with Crippen LogP contribution in [0.5, 0.6) is 0 Å². The van der Waals surface area contributed by atoms with Crippen LogP contribution in [0.1, 0.15) is 85.0 Å². The van der Waals surface area contributed by atoms with E-state index in [2.05, 4.69) is 32.6 Å². The van der Waals surface area contributed by atoms with Crippen molar-refractivity contribution in [1.82, 2.24) is 4.90 Å². The first-order valence-electron chi connectivity index (χ1n) is 13.3. The fraction of sp³-hybridized carbons (Fsp3) is 0.759. The highest BCUT2D eigenvalue weighted by atomic mass is 16.3. The van der Waals surface area contributed by atoms with Crippen molar-refractivity contribution in [1.29, 1.82) is 0 Å². The van der Waals surface area contributed by atoms with Crippen molar-refractivity contribution >= 4 is 5.91 Å². The predicted octanol–water partition coefficient (Wildman–Crippen LogP) is 4.77. The van der Waals surface area contributed by atoms with Gasteiger partial charge < -0.3 is 20.2 Å². The zero-order valence-electron chi connectivity index (χ0n) is 22.0. The number of aliphatic hydroxyl groups excluding tert-OH is 2. The molecule has 5 nitrogen and oxygen atoms in total. The van der Waals surface area contributed by atoms with E-state index >= 15 is 0 Å². The van der Waals surface area contributed by atoms with Gasteiger partial charge in [-0.2, -0.15) is 0 Å². The minimum Gasteiger partial charge on any atom is -0.393 e. The molecule has 0 aromatic rings. The lowest BCUT2D eigenvalue weighted by atomic mass is 9.60. The van der Waals surface area contributed by atoms with E-state index in [1.54, 1.807) is 21.0 Å². The minimum absolute atomic E-state index is 0.218. The van der Waals surface area contributed by atoms with E-state index < -0.39 is 17.8 Å². The van der Waals surface area contributed by atoms with Gasteiger partial charge in [0.25, 0.3) is 5.91 Å². The molecule has 0 aromatic heterocycles. The number of fused-ring (bicyclic) bond motifs is 1. The van der Waals surface area contributed by atoms with Crippen LogP contribution >= 0.6 is 0 Å². The monoisotopic (exact) mass is 473 g/mol. The maximum atomic E-state index is 12.2. The zero-order valence-corrected chi connectivity index (χ0v) is 22.0. The fourth-order valence-corrected chi connectivity index (χ4v) is 7.24. The second-order valence-corrected chi connectivity index (χ2v) is 12.0. The van der Waals surface area contributed by atoms with E-state index in [1.165, 1.54) is 36.2 Å². The Morgan fingerprint density at radius 3 is 2.68 bits per heavy atom. The number of aliphatic hydroxyl groups is 3. The second-order valence-electron chi connectivity index (χ2n) is 12.0. The van der Waals surface area contributed by atoms with Gasteiger partial charge in [-0.25, -0.2) is 0 Å². The summed E-state index contributed by atoms with van der Waals surface area (Å²) in [6.07, 6.45) is 12.6. The lowest BCUT2D eigenvalue weighted by molar-refractivity contribution is -0.147. The van der Waals surface area contributed by atoms with Crippen LogP contribution in [0, 0.1) is 23.2 Å². The summed E-state index contributed by atoms with van der Waals surface area (Å²) in [6, 6.07) is 0. The van der Waals surface area contributed by atoms with Crippen molar-refractivity contribution in [2.24, 2.45) is 23.2 Å². The van der Waals surface area contributed by atoms with Gasteiger partial charge in [0.15, 0.2) is 0 Å². The fourth-order valence-electron chi connectivity index (χ4n) is 7.24. The molecule has 0 aliphatic heterocycles. The van der Waals surface area contributed by atoms with Crippen LogP contribution in [0.2, 0.25) is 0 Å². The number of carbonyl (C=O) groups excluding carboxylic acids is 1. The molecule has 3 aliphatic carbocycles. The van der Waals surface area contributed by atoms with Gasteiger partial charge in [0.1, 0.15) is 5.60 Å². The molecule has 3 fully saturated rings. The summed E-state index contributed by atoms with van der Waals surface area (Å²) in [5.74, 6) is 1.57. The predicted molar refractivity (Wildman–Crippen MR) is 137 cm³/mol. The number of hydrogen-bond donors (Lipinski definition) is 3. The van der Waals surface area contributed by atoms with Gasteiger partial charge in [-0.1, -0.05) is 44.6 Å². The largest absolute Gasteiger partial charge is 0.393 e. The molecule has 0 radical (unpaired) electrons. The molecule has 0 bridgehead atoms. The first-order valence-corrected chi connectivity index (χ1v) is 13.3. The lowest BCUT2D eigenvalue weighted by Gasteiger charge is -2.44. The summed E-state index contributed by atoms with van der Waals surface area (Å²) in [4.78, 5) is 13.7. The van der Waals surface area contributed by atoms with Gasteiger partial charge in [0.05, 0.1) is 12.2 Å². The summed E-state index contributed by atoms with van der Waals surface area (Å²) < 4.78 is 0. The normalized spacial score (nSPS) is 36.9. The lowest BCUT2D eigenvalue weighted by Crippen LogP contribution is -2.43. The molecule has 3 aliphatic rings. The summed E-state index contributed by atoms with van der Waals surface area (Å²) in [6.45, 7) is 10.5. The van der Waals surface area contributed by atoms with Crippen molar-refractivity contribution in [3.8, 4) is 0 Å². The highest BCUT2D eigenvalue weighted by Crippen LogP contribution is 2.60. The van der Waals surface area contributed by atoms with Crippen molar-refractivity contribution < 1.29 is 20.1 Å². The van der Waals surface area contributed by atoms with E-state index in [4.69, 9.17) is 0 Å². The Labute approximate surface area is 206 Å². The molecule has 7 atom stereocenters. The molecule has 0 aromatic carbocycles. The quantitative estimate of drug-likeness (QED) is 0.497. The number of likely N-dealkylation sites (N-methyl/N-ethyl adjacent to an activating group) is 1. The SMILES string of the molecule is C=C1/C(=C\C=C2/CCC[C@@]3(C)C2CC[C@@H]3[C@H](C)CCC[C@@](C)(O)C(=O)N(C)C)C[C@@H](O)C[C@@H]1O. The Bertz CT molecular complexity index is 826. The Kier molecular flexibility index (Phi) is 8.53. The second kappa shape index (κ2) is 10.7. The number of amides is 1. The van der Waals surface area contributed by atoms with Gasteiger partial charge in [-0.05, 0) is 92.6 Å². The third kappa shape index (κ3) is 5.68. The highest BCUT2D eigenvalue weighted by Gasteiger charge is 2.50. The van der Waals surface area contributed by atoms with Gasteiger partial charge in [-0.3, -0.25) is 4.79 Å². The summed E-state index contributed by atoms with van der Waals surface area (Å²) in [5.41, 5.74) is 2.24. The maximum absolute atomic E-state index is 12.2. The molecule has 0 spiro atoms. The molecule has 5 heteroatoms. The maximum Gasteiger partial charge on any atom is 0.253 e. The summed E-state index contributed by atoms with van der Waals surface area (Å²) >= 11 is 0. The van der Waals surface area contributed by atoms with Crippen molar-refractivity contribution in [3.63, 3.8) is 0 Å². The molecular weight excluding hydrogens is 426 g/mol. The van der Waals surface area contributed by atoms with E-state index in [0.29, 0.717) is 37.0 Å². The highest BCUT2D eigenvalue weighted by molar-refractivity contribution is 5.83. The molecule has 3 saturated carbocycles. The third-order valence-corrected chi connectivity index (χ3v) is 9.18. The topological polar surface area (TPSA) is 81.0 Å². The first-order chi connectivity index (χ1) is 15.9. The van der Waals surface area contributed by atoms with E-state index in [1.807, 2.05) is 0 Å². The standard InChI is InChI=1S/C29H47NO4/c1-19(9-7-16-29(4,34)27(33)30(5)6)24-13-14-25-21(10-8-15-28(24,25)3)11-12-22-17-23(31)18-26(32)20(22)2/h11-12,19,23-26,31-32,34H,2,7-10,13-18H2,1,3-6H3/b21-11+,22-12-/t19-,23-,24-,25?,26+,28-,29-/m1/s1. The van der Waals surface area contributed by atoms with E-state index in [-0.39, 0.29) is 11.3 Å². The third-order valence-electron chi connectivity index (χ3n) is 9.18. The van der Waals surface area contributed by atoms with Crippen LogP contribution in [0.25, 0.3) is 0 Å². The smallest absolute Gasteiger partial charge is 0.253 e. The molecule has 3 N–H and O–H groups in total. The molecule has 1 unspecified atom stereocenters. The molecule has 0 saturated heterocycles. The zero-order chi connectivity index (χ0) is 25.3. The Morgan fingerprint density at radius 1 is 1.29 bits per heavy atom. The minimum atomic E-state index is -1.29. The number of nitrogens with zero attached hydrogens (tertiary/aromatic N) is 1. The van der Waals surface area contributed by atoms with Crippen molar-refractivity contribution in [2.75, 3.05) is 14.1 Å². The first kappa shape index (κ1) is 27.2. The number of allylic oxidation sites excluding steroid dienone is 3. The van der Waals surface area contributed by atoms with Crippen molar-refractivity contribution in [2.45, 2.75) is 103 Å². The number of hydrogen-bond acceptors (Lipinski definition) is 4. The average molecular weight is 474 g/mol. The van der Waals surface area contributed by atoms with Gasteiger partial charge in [0.2, 0.25) is 0 Å². The number of carbonyl (C=O) groups is 1. The Morgan fingerprint density at radius 2 is 2.00 bits per heavy atom. The average Bonchev–Trinajstić information content (AvgIpc) is 3.11. The van der Waals surface area contributed by atoms with Crippen LogP contribution in [0.15, 0.2) is 35.5 Å². The molecule has 192 valence electrons. The van der Waals surface area contributed by atoms with Crippen LogP contribution in [-0.4, -0.2) is 58.0 Å². The van der Waals surface area contributed by atoms with Gasteiger partial charge >= 0.3 is 0 Å².